The Kier molecular flexibility index (Phi) is 8.27. The first-order chi connectivity index (χ1) is 10.0. The summed E-state index contributed by atoms with van der Waals surface area (Å²) in [6, 6.07) is 0. The molecular weight excluding hydrogens is 266 g/mol. The van der Waals surface area contributed by atoms with E-state index in [-0.39, 0.29) is 5.97 Å². The van der Waals surface area contributed by atoms with E-state index in [0.29, 0.717) is 31.7 Å². The number of carbonyl (C=O) groups excluding carboxylic acids is 1. The molecule has 1 saturated carbocycles. The van der Waals surface area contributed by atoms with E-state index in [1.807, 2.05) is 13.8 Å². The zero-order valence-corrected chi connectivity index (χ0v) is 14.2. The van der Waals surface area contributed by atoms with Gasteiger partial charge in [-0.2, -0.15) is 0 Å². The minimum atomic E-state index is -0.635. The van der Waals surface area contributed by atoms with Crippen molar-refractivity contribution in [3.05, 3.63) is 0 Å². The second-order valence-electron chi connectivity index (χ2n) is 6.40. The summed E-state index contributed by atoms with van der Waals surface area (Å²) in [5, 5.41) is 3.32. The minimum absolute atomic E-state index is 0.168. The fourth-order valence-electron chi connectivity index (χ4n) is 2.90. The number of hydrogen-bond acceptors (Lipinski definition) is 4. The number of rotatable bonds is 9. The Hall–Kier alpha value is -0.610. The van der Waals surface area contributed by atoms with E-state index in [9.17, 15) is 4.79 Å². The topological polar surface area (TPSA) is 47.6 Å². The molecule has 1 aliphatic rings. The van der Waals surface area contributed by atoms with Crippen molar-refractivity contribution < 1.29 is 14.3 Å². The Bertz CT molecular complexity index is 308. The van der Waals surface area contributed by atoms with Gasteiger partial charge in [0.25, 0.3) is 0 Å². The van der Waals surface area contributed by atoms with Crippen molar-refractivity contribution in [1.29, 1.82) is 0 Å². The molecule has 0 amide bonds. The lowest BCUT2D eigenvalue weighted by molar-refractivity contribution is -0.151. The third-order valence-corrected chi connectivity index (χ3v) is 4.46. The lowest BCUT2D eigenvalue weighted by Crippen LogP contribution is -2.51. The van der Waals surface area contributed by atoms with Gasteiger partial charge in [-0.05, 0) is 52.0 Å². The summed E-state index contributed by atoms with van der Waals surface area (Å²) in [6.45, 7) is 9.98. The van der Waals surface area contributed by atoms with Crippen LogP contribution in [0.25, 0.3) is 0 Å². The van der Waals surface area contributed by atoms with Gasteiger partial charge in [0.1, 0.15) is 5.54 Å². The largest absolute Gasteiger partial charge is 0.465 e. The zero-order chi connectivity index (χ0) is 15.7. The van der Waals surface area contributed by atoms with Gasteiger partial charge in [0.15, 0.2) is 0 Å². The molecule has 0 saturated heterocycles. The fourth-order valence-corrected chi connectivity index (χ4v) is 2.90. The summed E-state index contributed by atoms with van der Waals surface area (Å²) >= 11 is 0. The van der Waals surface area contributed by atoms with Crippen LogP contribution in [0.1, 0.15) is 66.2 Å². The number of carbonyl (C=O) groups is 1. The molecule has 4 heteroatoms. The van der Waals surface area contributed by atoms with E-state index in [2.05, 4.69) is 19.2 Å². The van der Waals surface area contributed by atoms with Crippen LogP contribution in [0, 0.1) is 5.92 Å². The summed E-state index contributed by atoms with van der Waals surface area (Å²) in [7, 11) is 0. The number of nitrogens with one attached hydrogen (secondary N) is 1. The standard InChI is InChI=1S/C17H33NO3/c1-5-12-18-17(4,16(19)20-6-2)11-13-21-15-10-8-7-9-14(15)3/h14-15,18H,5-13H2,1-4H3. The van der Waals surface area contributed by atoms with Crippen molar-refractivity contribution in [2.45, 2.75) is 77.9 Å². The van der Waals surface area contributed by atoms with Gasteiger partial charge in [0.2, 0.25) is 0 Å². The highest BCUT2D eigenvalue weighted by Crippen LogP contribution is 2.27. The van der Waals surface area contributed by atoms with Crippen molar-refractivity contribution in [2.75, 3.05) is 19.8 Å². The van der Waals surface area contributed by atoms with E-state index >= 15 is 0 Å². The summed E-state index contributed by atoms with van der Waals surface area (Å²) in [4.78, 5) is 12.2. The van der Waals surface area contributed by atoms with Crippen LogP contribution in [0.2, 0.25) is 0 Å². The lowest BCUT2D eigenvalue weighted by Gasteiger charge is -2.32. The summed E-state index contributed by atoms with van der Waals surface area (Å²) in [5.74, 6) is 0.468. The Morgan fingerprint density at radius 2 is 2.00 bits per heavy atom. The van der Waals surface area contributed by atoms with E-state index in [1.165, 1.54) is 19.3 Å². The normalized spacial score (nSPS) is 25.3. The second-order valence-corrected chi connectivity index (χ2v) is 6.40. The summed E-state index contributed by atoms with van der Waals surface area (Å²) < 4.78 is 11.3. The van der Waals surface area contributed by atoms with E-state index in [0.717, 1.165) is 19.4 Å². The van der Waals surface area contributed by atoms with E-state index in [1.54, 1.807) is 0 Å². The average Bonchev–Trinajstić information content (AvgIpc) is 2.47. The molecule has 3 atom stereocenters. The van der Waals surface area contributed by atoms with Crippen molar-refractivity contribution in [2.24, 2.45) is 5.92 Å². The first-order valence-electron chi connectivity index (χ1n) is 8.57. The second kappa shape index (κ2) is 9.42. The van der Waals surface area contributed by atoms with E-state index < -0.39 is 5.54 Å². The minimum Gasteiger partial charge on any atom is -0.465 e. The molecular formula is C17H33NO3. The quantitative estimate of drug-likeness (QED) is 0.664. The SMILES string of the molecule is CCCNC(C)(CCOC1CCCCC1C)C(=O)OCC. The van der Waals surface area contributed by atoms with Gasteiger partial charge in [-0.25, -0.2) is 0 Å². The molecule has 1 N–H and O–H groups in total. The van der Waals surface area contributed by atoms with E-state index in [4.69, 9.17) is 9.47 Å². The number of hydrogen-bond donors (Lipinski definition) is 1. The van der Waals surface area contributed by atoms with Gasteiger partial charge < -0.3 is 14.8 Å². The Morgan fingerprint density at radius 1 is 1.29 bits per heavy atom. The van der Waals surface area contributed by atoms with Gasteiger partial charge in [0.05, 0.1) is 12.7 Å². The maximum atomic E-state index is 12.2. The van der Waals surface area contributed by atoms with Crippen LogP contribution in [0.5, 0.6) is 0 Å². The molecule has 0 heterocycles. The molecule has 0 aromatic heterocycles. The third kappa shape index (κ3) is 5.95. The third-order valence-electron chi connectivity index (χ3n) is 4.46. The highest BCUT2D eigenvalue weighted by atomic mass is 16.5. The number of esters is 1. The van der Waals surface area contributed by atoms with Crippen LogP contribution in [0.15, 0.2) is 0 Å². The average molecular weight is 299 g/mol. The molecule has 0 bridgehead atoms. The van der Waals surface area contributed by atoms with Crippen molar-refractivity contribution in [1.82, 2.24) is 5.32 Å². The molecule has 0 aliphatic heterocycles. The molecule has 1 rings (SSSR count). The van der Waals surface area contributed by atoms with Crippen molar-refractivity contribution in [3.8, 4) is 0 Å². The smallest absolute Gasteiger partial charge is 0.326 e. The van der Waals surface area contributed by atoms with Crippen LogP contribution in [0.4, 0.5) is 0 Å². The molecule has 124 valence electrons. The predicted octanol–water partition coefficient (Wildman–Crippen LogP) is 3.29. The molecule has 0 spiro atoms. The molecule has 21 heavy (non-hydrogen) atoms. The lowest BCUT2D eigenvalue weighted by atomic mass is 9.88. The van der Waals surface area contributed by atoms with Gasteiger partial charge in [0, 0.05) is 6.61 Å². The molecule has 4 nitrogen and oxygen atoms in total. The molecule has 0 radical (unpaired) electrons. The van der Waals surface area contributed by atoms with Crippen LogP contribution in [-0.4, -0.2) is 37.4 Å². The molecule has 1 fully saturated rings. The van der Waals surface area contributed by atoms with Gasteiger partial charge in [-0.3, -0.25) is 4.79 Å². The maximum absolute atomic E-state index is 12.2. The van der Waals surface area contributed by atoms with Gasteiger partial charge in [-0.1, -0.05) is 26.7 Å². The van der Waals surface area contributed by atoms with Gasteiger partial charge >= 0.3 is 5.97 Å². The number of ether oxygens (including phenoxy) is 2. The highest BCUT2D eigenvalue weighted by molar-refractivity contribution is 5.80. The molecule has 1 aliphatic carbocycles. The first kappa shape index (κ1) is 18.4. The summed E-state index contributed by atoms with van der Waals surface area (Å²) in [5.41, 5.74) is -0.635. The Balaban J connectivity index is 2.46. The highest BCUT2D eigenvalue weighted by Gasteiger charge is 2.34. The molecule has 0 aromatic rings. The zero-order valence-electron chi connectivity index (χ0n) is 14.2. The van der Waals surface area contributed by atoms with Crippen molar-refractivity contribution in [3.63, 3.8) is 0 Å². The predicted molar refractivity (Wildman–Crippen MR) is 85.3 cm³/mol. The Morgan fingerprint density at radius 3 is 2.62 bits per heavy atom. The maximum Gasteiger partial charge on any atom is 0.326 e. The monoisotopic (exact) mass is 299 g/mol. The van der Waals surface area contributed by atoms with Crippen molar-refractivity contribution >= 4 is 5.97 Å². The van der Waals surface area contributed by atoms with Crippen LogP contribution >= 0.6 is 0 Å². The summed E-state index contributed by atoms with van der Waals surface area (Å²) in [6.07, 6.45) is 7.01. The van der Waals surface area contributed by atoms with Gasteiger partial charge in [-0.15, -0.1) is 0 Å². The fraction of sp³-hybridized carbons (Fsp3) is 0.941. The van der Waals surface area contributed by atoms with Crippen LogP contribution < -0.4 is 5.32 Å². The first-order valence-corrected chi connectivity index (χ1v) is 8.57. The van der Waals surface area contributed by atoms with Crippen LogP contribution in [0.3, 0.4) is 0 Å². The molecule has 3 unspecified atom stereocenters. The Labute approximate surface area is 130 Å². The molecule has 0 aromatic carbocycles. The van der Waals surface area contributed by atoms with Crippen LogP contribution in [-0.2, 0) is 14.3 Å².